The zero-order chi connectivity index (χ0) is 12.7. The van der Waals surface area contributed by atoms with E-state index in [2.05, 4.69) is 19.2 Å². The summed E-state index contributed by atoms with van der Waals surface area (Å²) in [6.07, 6.45) is 7.04. The van der Waals surface area contributed by atoms with E-state index >= 15 is 0 Å². The van der Waals surface area contributed by atoms with Gasteiger partial charge in [0.2, 0.25) is 0 Å². The van der Waals surface area contributed by atoms with Crippen molar-refractivity contribution in [1.82, 2.24) is 5.32 Å². The molecule has 3 nitrogen and oxygen atoms in total. The number of hydrogen-bond donors (Lipinski definition) is 1. The molecule has 1 unspecified atom stereocenters. The number of rotatable bonds is 8. The van der Waals surface area contributed by atoms with Gasteiger partial charge in [0.15, 0.2) is 0 Å². The number of carbonyl (C=O) groups excluding carboxylic acids is 1. The predicted octanol–water partition coefficient (Wildman–Crippen LogP) is 2.89. The van der Waals surface area contributed by atoms with Gasteiger partial charge in [-0.1, -0.05) is 26.7 Å². The molecule has 0 aliphatic heterocycles. The van der Waals surface area contributed by atoms with Gasteiger partial charge in [0.25, 0.3) is 0 Å². The lowest BCUT2D eigenvalue weighted by atomic mass is 9.67. The van der Waals surface area contributed by atoms with Gasteiger partial charge in [-0.3, -0.25) is 4.79 Å². The highest BCUT2D eigenvalue weighted by molar-refractivity contribution is 5.75. The maximum absolute atomic E-state index is 11.8. The molecule has 0 aromatic rings. The summed E-state index contributed by atoms with van der Waals surface area (Å²) in [6.45, 7) is 7.65. The first kappa shape index (κ1) is 14.5. The van der Waals surface area contributed by atoms with Crippen LogP contribution >= 0.6 is 0 Å². The Labute approximate surface area is 105 Å². The van der Waals surface area contributed by atoms with E-state index in [1.807, 2.05) is 6.92 Å². The molecule has 0 spiro atoms. The lowest BCUT2D eigenvalue weighted by molar-refractivity contribution is -0.146. The van der Waals surface area contributed by atoms with E-state index in [4.69, 9.17) is 4.74 Å². The summed E-state index contributed by atoms with van der Waals surface area (Å²) in [4.78, 5) is 11.8. The van der Waals surface area contributed by atoms with E-state index in [9.17, 15) is 4.79 Å². The standard InChI is InChI=1S/C14H27NO2/c1-4-8-12(13(16)17-6-3)15-11-14(5-2)9-7-10-14/h12,15H,4-11H2,1-3H3. The Morgan fingerprint density at radius 2 is 2.06 bits per heavy atom. The highest BCUT2D eigenvalue weighted by atomic mass is 16.5. The normalized spacial score (nSPS) is 19.5. The number of ether oxygens (including phenoxy) is 1. The van der Waals surface area contributed by atoms with Crippen molar-refractivity contribution in [1.29, 1.82) is 0 Å². The molecular weight excluding hydrogens is 214 g/mol. The molecule has 1 fully saturated rings. The molecule has 1 aliphatic carbocycles. The SMILES string of the molecule is CCCC(NCC1(CC)CCC1)C(=O)OCC. The molecule has 1 saturated carbocycles. The Balaban J connectivity index is 2.40. The van der Waals surface area contributed by atoms with Crippen LogP contribution in [0.4, 0.5) is 0 Å². The summed E-state index contributed by atoms with van der Waals surface area (Å²) in [5.41, 5.74) is 0.457. The molecule has 1 rings (SSSR count). The van der Waals surface area contributed by atoms with Crippen LogP contribution in [-0.4, -0.2) is 25.2 Å². The smallest absolute Gasteiger partial charge is 0.323 e. The molecule has 0 aromatic heterocycles. The van der Waals surface area contributed by atoms with Crippen LogP contribution in [0.2, 0.25) is 0 Å². The first-order valence-corrected chi connectivity index (χ1v) is 7.07. The highest BCUT2D eigenvalue weighted by Gasteiger charge is 2.35. The van der Waals surface area contributed by atoms with Gasteiger partial charge >= 0.3 is 5.97 Å². The molecule has 0 saturated heterocycles. The topological polar surface area (TPSA) is 38.3 Å². The lowest BCUT2D eigenvalue weighted by Crippen LogP contribution is -2.46. The molecule has 1 aliphatic rings. The third-order valence-corrected chi connectivity index (χ3v) is 4.04. The van der Waals surface area contributed by atoms with E-state index in [1.54, 1.807) is 0 Å². The Bertz CT molecular complexity index is 231. The fraction of sp³-hybridized carbons (Fsp3) is 0.929. The van der Waals surface area contributed by atoms with Crippen LogP contribution in [0, 0.1) is 5.41 Å². The largest absolute Gasteiger partial charge is 0.465 e. The van der Waals surface area contributed by atoms with Gasteiger partial charge in [-0.2, -0.15) is 0 Å². The van der Waals surface area contributed by atoms with Crippen molar-refractivity contribution >= 4 is 5.97 Å². The maximum atomic E-state index is 11.8. The Morgan fingerprint density at radius 3 is 2.47 bits per heavy atom. The number of carbonyl (C=O) groups is 1. The van der Waals surface area contributed by atoms with E-state index < -0.39 is 0 Å². The second-order valence-corrected chi connectivity index (χ2v) is 5.18. The van der Waals surface area contributed by atoms with E-state index in [0.717, 1.165) is 19.4 Å². The monoisotopic (exact) mass is 241 g/mol. The number of hydrogen-bond acceptors (Lipinski definition) is 3. The van der Waals surface area contributed by atoms with Gasteiger partial charge < -0.3 is 10.1 Å². The summed E-state index contributed by atoms with van der Waals surface area (Å²) < 4.78 is 5.11. The minimum Gasteiger partial charge on any atom is -0.465 e. The molecule has 0 aromatic carbocycles. The minimum absolute atomic E-state index is 0.0834. The average Bonchev–Trinajstić information content (AvgIpc) is 2.27. The molecule has 3 heteroatoms. The van der Waals surface area contributed by atoms with Crippen LogP contribution in [0.15, 0.2) is 0 Å². The first-order chi connectivity index (χ1) is 8.17. The zero-order valence-electron chi connectivity index (χ0n) is 11.6. The molecule has 0 amide bonds. The van der Waals surface area contributed by atoms with Crippen LogP contribution in [0.25, 0.3) is 0 Å². The van der Waals surface area contributed by atoms with Crippen molar-refractivity contribution in [3.63, 3.8) is 0 Å². The molecule has 0 radical (unpaired) electrons. The van der Waals surface area contributed by atoms with E-state index in [1.165, 1.54) is 25.7 Å². The molecule has 17 heavy (non-hydrogen) atoms. The lowest BCUT2D eigenvalue weighted by Gasteiger charge is -2.42. The van der Waals surface area contributed by atoms with Crippen LogP contribution in [0.5, 0.6) is 0 Å². The zero-order valence-corrected chi connectivity index (χ0v) is 11.6. The van der Waals surface area contributed by atoms with Gasteiger partial charge in [-0.25, -0.2) is 0 Å². The summed E-state index contributed by atoms with van der Waals surface area (Å²) in [5.74, 6) is -0.0834. The van der Waals surface area contributed by atoms with Crippen molar-refractivity contribution in [2.75, 3.05) is 13.2 Å². The fourth-order valence-electron chi connectivity index (χ4n) is 2.51. The summed E-state index contributed by atoms with van der Waals surface area (Å²) in [7, 11) is 0. The molecule has 1 atom stereocenters. The average molecular weight is 241 g/mol. The molecule has 1 N–H and O–H groups in total. The van der Waals surface area contributed by atoms with Gasteiger partial charge in [0.1, 0.15) is 6.04 Å². The van der Waals surface area contributed by atoms with Crippen molar-refractivity contribution in [3.05, 3.63) is 0 Å². The first-order valence-electron chi connectivity index (χ1n) is 7.07. The molecule has 0 heterocycles. The van der Waals surface area contributed by atoms with Crippen molar-refractivity contribution in [3.8, 4) is 0 Å². The summed E-state index contributed by atoms with van der Waals surface area (Å²) in [6, 6.07) is -0.107. The quantitative estimate of drug-likeness (QED) is 0.664. The summed E-state index contributed by atoms with van der Waals surface area (Å²) >= 11 is 0. The van der Waals surface area contributed by atoms with E-state index in [0.29, 0.717) is 12.0 Å². The van der Waals surface area contributed by atoms with Crippen molar-refractivity contribution in [2.45, 2.75) is 65.3 Å². The highest BCUT2D eigenvalue weighted by Crippen LogP contribution is 2.43. The van der Waals surface area contributed by atoms with E-state index in [-0.39, 0.29) is 12.0 Å². The van der Waals surface area contributed by atoms with Crippen LogP contribution in [-0.2, 0) is 9.53 Å². The van der Waals surface area contributed by atoms with Gasteiger partial charge in [-0.05, 0) is 38.0 Å². The second kappa shape index (κ2) is 7.00. The van der Waals surface area contributed by atoms with Gasteiger partial charge in [-0.15, -0.1) is 0 Å². The van der Waals surface area contributed by atoms with Crippen molar-refractivity contribution in [2.24, 2.45) is 5.41 Å². The number of esters is 1. The maximum Gasteiger partial charge on any atom is 0.323 e. The molecular formula is C14H27NO2. The third kappa shape index (κ3) is 3.98. The van der Waals surface area contributed by atoms with Crippen molar-refractivity contribution < 1.29 is 9.53 Å². The van der Waals surface area contributed by atoms with Gasteiger partial charge in [0, 0.05) is 6.54 Å². The minimum atomic E-state index is -0.107. The van der Waals surface area contributed by atoms with Crippen LogP contribution in [0.3, 0.4) is 0 Å². The fourth-order valence-corrected chi connectivity index (χ4v) is 2.51. The second-order valence-electron chi connectivity index (χ2n) is 5.18. The number of nitrogens with one attached hydrogen (secondary N) is 1. The molecule has 100 valence electrons. The van der Waals surface area contributed by atoms with Crippen LogP contribution in [0.1, 0.15) is 59.3 Å². The Kier molecular flexibility index (Phi) is 5.96. The predicted molar refractivity (Wildman–Crippen MR) is 69.9 cm³/mol. The Morgan fingerprint density at radius 1 is 1.35 bits per heavy atom. The summed E-state index contributed by atoms with van der Waals surface area (Å²) in [5, 5.41) is 3.42. The van der Waals surface area contributed by atoms with Gasteiger partial charge in [0.05, 0.1) is 6.61 Å². The Hall–Kier alpha value is -0.570. The van der Waals surface area contributed by atoms with Crippen LogP contribution < -0.4 is 5.32 Å². The molecule has 0 bridgehead atoms. The third-order valence-electron chi connectivity index (χ3n) is 4.04.